The van der Waals surface area contributed by atoms with Crippen molar-refractivity contribution in [3.8, 4) is 0 Å². The number of hydrogen-bond donors (Lipinski definition) is 1. The molecule has 1 N–H and O–H groups in total. The Morgan fingerprint density at radius 3 is 2.48 bits per heavy atom. The van der Waals surface area contributed by atoms with E-state index >= 15 is 0 Å². The molecule has 0 amide bonds. The summed E-state index contributed by atoms with van der Waals surface area (Å²) in [7, 11) is 0. The fraction of sp³-hybridized carbons (Fsp3) is 0.800. The quantitative estimate of drug-likeness (QED) is 0.680. The maximum atomic E-state index is 11.0. The van der Waals surface area contributed by atoms with E-state index in [0.717, 1.165) is 18.8 Å². The first-order valence-electron chi connectivity index (χ1n) is 8.65. The number of fused-ring (bicyclic) bond motifs is 1. The third-order valence-electron chi connectivity index (χ3n) is 6.76. The monoisotopic (exact) mass is 290 g/mol. The Labute approximate surface area is 131 Å². The second-order valence-corrected chi connectivity index (χ2v) is 8.74. The highest BCUT2D eigenvalue weighted by molar-refractivity contribution is 5.15. The molecule has 0 aromatic heterocycles. The first kappa shape index (κ1) is 16.8. The van der Waals surface area contributed by atoms with Crippen LogP contribution in [-0.2, 0) is 0 Å². The minimum absolute atomic E-state index is 0.265. The number of aliphatic hydroxyl groups is 1. The van der Waals surface area contributed by atoms with Crippen molar-refractivity contribution in [3.05, 3.63) is 24.3 Å². The van der Waals surface area contributed by atoms with E-state index in [4.69, 9.17) is 0 Å². The van der Waals surface area contributed by atoms with Crippen molar-refractivity contribution in [1.29, 1.82) is 0 Å². The van der Waals surface area contributed by atoms with E-state index in [2.05, 4.69) is 47.3 Å². The van der Waals surface area contributed by atoms with Crippen LogP contribution in [0.25, 0.3) is 0 Å². The van der Waals surface area contributed by atoms with Gasteiger partial charge in [0.05, 0.1) is 5.60 Å². The lowest BCUT2D eigenvalue weighted by molar-refractivity contribution is -0.165. The fourth-order valence-electron chi connectivity index (χ4n) is 5.53. The lowest BCUT2D eigenvalue weighted by atomic mass is 9.45. The molecule has 2 aliphatic carbocycles. The van der Waals surface area contributed by atoms with Gasteiger partial charge >= 0.3 is 0 Å². The lowest BCUT2D eigenvalue weighted by Gasteiger charge is -2.61. The average molecular weight is 290 g/mol. The lowest BCUT2D eigenvalue weighted by Crippen LogP contribution is -2.57. The Morgan fingerprint density at radius 2 is 1.86 bits per heavy atom. The molecule has 2 rings (SSSR count). The van der Waals surface area contributed by atoms with Crippen LogP contribution in [0, 0.1) is 22.7 Å². The fourth-order valence-corrected chi connectivity index (χ4v) is 5.53. The Bertz CT molecular complexity index is 429. The number of rotatable bonds is 3. The summed E-state index contributed by atoms with van der Waals surface area (Å²) in [6.45, 7) is 15.4. The van der Waals surface area contributed by atoms with Gasteiger partial charge in [-0.2, -0.15) is 0 Å². The zero-order valence-corrected chi connectivity index (χ0v) is 14.7. The maximum Gasteiger partial charge on any atom is 0.0656 e. The van der Waals surface area contributed by atoms with Crippen LogP contribution in [0.2, 0.25) is 0 Å². The van der Waals surface area contributed by atoms with Gasteiger partial charge in [0.15, 0.2) is 0 Å². The molecule has 4 atom stereocenters. The summed E-state index contributed by atoms with van der Waals surface area (Å²) >= 11 is 0. The Morgan fingerprint density at radius 1 is 1.19 bits per heavy atom. The number of hydrogen-bond acceptors (Lipinski definition) is 1. The van der Waals surface area contributed by atoms with Crippen LogP contribution in [-0.4, -0.2) is 10.7 Å². The van der Waals surface area contributed by atoms with Crippen LogP contribution < -0.4 is 0 Å². The van der Waals surface area contributed by atoms with Crippen LogP contribution in [0.5, 0.6) is 0 Å². The molecule has 0 spiro atoms. The van der Waals surface area contributed by atoms with Gasteiger partial charge in [-0.3, -0.25) is 0 Å². The number of allylic oxidation sites excluding steroid dienone is 3. The second-order valence-electron chi connectivity index (χ2n) is 8.74. The minimum atomic E-state index is -0.531. The highest BCUT2D eigenvalue weighted by Crippen LogP contribution is 2.62. The van der Waals surface area contributed by atoms with Crippen molar-refractivity contribution in [1.82, 2.24) is 0 Å². The predicted octanol–water partition coefficient (Wildman–Crippen LogP) is 5.50. The van der Waals surface area contributed by atoms with Gasteiger partial charge in [-0.05, 0) is 68.6 Å². The molecule has 2 saturated carbocycles. The normalized spacial score (nSPS) is 43.2. The Hall–Kier alpha value is -0.560. The highest BCUT2D eigenvalue weighted by Gasteiger charge is 2.57. The van der Waals surface area contributed by atoms with Gasteiger partial charge in [0.1, 0.15) is 0 Å². The average Bonchev–Trinajstić information content (AvgIpc) is 2.35. The summed E-state index contributed by atoms with van der Waals surface area (Å²) in [5, 5.41) is 11.0. The molecule has 0 aromatic carbocycles. The molecule has 0 bridgehead atoms. The topological polar surface area (TPSA) is 20.2 Å². The molecule has 1 heteroatoms. The molecule has 0 saturated heterocycles. The van der Waals surface area contributed by atoms with E-state index in [1.807, 2.05) is 6.08 Å². The van der Waals surface area contributed by atoms with Crippen LogP contribution >= 0.6 is 0 Å². The Kier molecular flexibility index (Phi) is 4.46. The van der Waals surface area contributed by atoms with Crippen LogP contribution in [0.3, 0.4) is 0 Å². The summed E-state index contributed by atoms with van der Waals surface area (Å²) in [5.41, 5.74) is 1.38. The van der Waals surface area contributed by atoms with Gasteiger partial charge < -0.3 is 5.11 Å². The summed E-state index contributed by atoms with van der Waals surface area (Å²) in [5.74, 6) is 1.10. The second kappa shape index (κ2) is 5.57. The van der Waals surface area contributed by atoms with Crippen LogP contribution in [0.4, 0.5) is 0 Å². The zero-order valence-electron chi connectivity index (χ0n) is 14.7. The van der Waals surface area contributed by atoms with Gasteiger partial charge in [0, 0.05) is 0 Å². The molecule has 120 valence electrons. The minimum Gasteiger partial charge on any atom is -0.390 e. The molecule has 2 fully saturated rings. The molecule has 0 unspecified atom stereocenters. The zero-order chi connectivity index (χ0) is 15.9. The van der Waals surface area contributed by atoms with Crippen molar-refractivity contribution >= 4 is 0 Å². The summed E-state index contributed by atoms with van der Waals surface area (Å²) in [6.07, 6.45) is 11.2. The smallest absolute Gasteiger partial charge is 0.0656 e. The van der Waals surface area contributed by atoms with Crippen LogP contribution in [0.15, 0.2) is 24.3 Å². The van der Waals surface area contributed by atoms with E-state index in [9.17, 15) is 5.11 Å². The molecule has 0 aliphatic heterocycles. The van der Waals surface area contributed by atoms with E-state index in [0.29, 0.717) is 11.3 Å². The van der Waals surface area contributed by atoms with Crippen LogP contribution in [0.1, 0.15) is 73.1 Å². The van der Waals surface area contributed by atoms with E-state index in [1.165, 1.54) is 31.3 Å². The van der Waals surface area contributed by atoms with E-state index in [1.54, 1.807) is 0 Å². The SMILES string of the molecule is C=CC(C)=CC[C@@H]1[C@@]2(C)CCCC(C)(C)[C@@H]2CC[C@]1(C)O. The largest absolute Gasteiger partial charge is 0.390 e. The van der Waals surface area contributed by atoms with Gasteiger partial charge in [-0.25, -0.2) is 0 Å². The van der Waals surface area contributed by atoms with Crippen molar-refractivity contribution < 1.29 is 5.11 Å². The van der Waals surface area contributed by atoms with Crippen molar-refractivity contribution in [2.45, 2.75) is 78.7 Å². The molecule has 0 aromatic rings. The van der Waals surface area contributed by atoms with E-state index < -0.39 is 5.60 Å². The van der Waals surface area contributed by atoms with Gasteiger partial charge in [0.2, 0.25) is 0 Å². The first-order chi connectivity index (χ1) is 9.63. The molecule has 21 heavy (non-hydrogen) atoms. The van der Waals surface area contributed by atoms with Crippen molar-refractivity contribution in [3.63, 3.8) is 0 Å². The maximum absolute atomic E-state index is 11.0. The first-order valence-corrected chi connectivity index (χ1v) is 8.65. The van der Waals surface area contributed by atoms with Gasteiger partial charge in [0.25, 0.3) is 0 Å². The predicted molar refractivity (Wildman–Crippen MR) is 91.1 cm³/mol. The summed E-state index contributed by atoms with van der Waals surface area (Å²) < 4.78 is 0. The molecule has 1 nitrogen and oxygen atoms in total. The molecular weight excluding hydrogens is 256 g/mol. The third-order valence-corrected chi connectivity index (χ3v) is 6.76. The van der Waals surface area contributed by atoms with Gasteiger partial charge in [-0.1, -0.05) is 51.5 Å². The third kappa shape index (κ3) is 2.99. The standard InChI is InChI=1S/C20H34O/c1-7-15(2)9-10-17-19(5)13-8-12-18(3,4)16(19)11-14-20(17,6)21/h7,9,16-17,21H,1,8,10-14H2,2-6H3/t16-,17+,19-,20-/m0/s1. The Balaban J connectivity index is 2.35. The highest BCUT2D eigenvalue weighted by atomic mass is 16.3. The molecule has 0 heterocycles. The van der Waals surface area contributed by atoms with Gasteiger partial charge in [-0.15, -0.1) is 0 Å². The molecular formula is C20H34O. The van der Waals surface area contributed by atoms with E-state index in [-0.39, 0.29) is 5.41 Å². The molecule has 2 aliphatic rings. The summed E-state index contributed by atoms with van der Waals surface area (Å²) in [4.78, 5) is 0. The van der Waals surface area contributed by atoms with Crippen molar-refractivity contribution in [2.75, 3.05) is 0 Å². The molecule has 0 radical (unpaired) electrons. The van der Waals surface area contributed by atoms with Crippen molar-refractivity contribution in [2.24, 2.45) is 22.7 Å². The summed E-state index contributed by atoms with van der Waals surface area (Å²) in [6, 6.07) is 0.